The average Bonchev–Trinajstić information content (AvgIpc) is 2.87. The molecule has 0 atom stereocenters. The monoisotopic (exact) mass is 472 g/mol. The van der Waals surface area contributed by atoms with E-state index in [1.165, 1.54) is 17.3 Å². The minimum absolute atomic E-state index is 0.0490. The highest BCUT2D eigenvalue weighted by atomic mass is 32.2. The van der Waals surface area contributed by atoms with Gasteiger partial charge < -0.3 is 4.98 Å². The molecule has 0 saturated heterocycles. The average molecular weight is 473 g/mol. The van der Waals surface area contributed by atoms with Gasteiger partial charge in [0.25, 0.3) is 11.1 Å². The summed E-state index contributed by atoms with van der Waals surface area (Å²) in [6, 6.07) is 15.7. The number of rotatable bonds is 6. The maximum absolute atomic E-state index is 13.4. The molecule has 0 unspecified atom stereocenters. The Morgan fingerprint density at radius 3 is 2.50 bits per heavy atom. The van der Waals surface area contributed by atoms with Crippen LogP contribution in [0.4, 0.5) is 0 Å². The fourth-order valence-corrected chi connectivity index (χ4v) is 6.09. The summed E-state index contributed by atoms with van der Waals surface area (Å²) in [6.07, 6.45) is 2.62. The van der Waals surface area contributed by atoms with Crippen LogP contribution in [-0.4, -0.2) is 19.5 Å². The first kappa shape index (κ1) is 22.6. The maximum atomic E-state index is 13.4. The van der Waals surface area contributed by atoms with E-state index in [0.29, 0.717) is 34.2 Å². The highest BCUT2D eigenvalue weighted by Gasteiger charge is 2.39. The van der Waals surface area contributed by atoms with Crippen molar-refractivity contribution in [3.05, 3.63) is 86.2 Å². The summed E-state index contributed by atoms with van der Waals surface area (Å²) in [7, 11) is 0. The van der Waals surface area contributed by atoms with Gasteiger partial charge in [-0.25, -0.2) is 9.97 Å². The molecular weight excluding hydrogens is 444 g/mol. The molecule has 2 aromatic heterocycles. The second kappa shape index (κ2) is 8.87. The van der Waals surface area contributed by atoms with E-state index in [9.17, 15) is 9.59 Å². The zero-order valence-electron chi connectivity index (χ0n) is 19.7. The fourth-order valence-electron chi connectivity index (χ4n) is 5.16. The predicted molar refractivity (Wildman–Crippen MR) is 137 cm³/mol. The zero-order valence-corrected chi connectivity index (χ0v) is 20.5. The van der Waals surface area contributed by atoms with Gasteiger partial charge in [-0.2, -0.15) is 0 Å². The van der Waals surface area contributed by atoms with Crippen LogP contribution in [0.5, 0.6) is 0 Å². The highest BCUT2D eigenvalue weighted by Crippen LogP contribution is 2.44. The van der Waals surface area contributed by atoms with E-state index in [1.807, 2.05) is 31.2 Å². The number of benzene rings is 2. The van der Waals surface area contributed by atoms with E-state index in [2.05, 4.69) is 37.0 Å². The molecule has 1 aliphatic carbocycles. The van der Waals surface area contributed by atoms with E-state index in [4.69, 9.17) is 9.97 Å². The van der Waals surface area contributed by atoms with E-state index in [1.54, 1.807) is 10.6 Å². The molecule has 5 rings (SSSR count). The molecule has 4 aromatic rings. The van der Waals surface area contributed by atoms with Crippen molar-refractivity contribution in [3.8, 4) is 11.3 Å². The lowest BCUT2D eigenvalue weighted by atomic mass is 9.66. The molecule has 0 bridgehead atoms. The Bertz CT molecular complexity index is 1500. The van der Waals surface area contributed by atoms with Crippen molar-refractivity contribution in [1.82, 2.24) is 19.5 Å². The third-order valence-corrected chi connectivity index (χ3v) is 8.12. The van der Waals surface area contributed by atoms with E-state index < -0.39 is 0 Å². The van der Waals surface area contributed by atoms with Gasteiger partial charge in [0.1, 0.15) is 5.82 Å². The van der Waals surface area contributed by atoms with Crippen molar-refractivity contribution in [1.29, 1.82) is 0 Å². The van der Waals surface area contributed by atoms with Gasteiger partial charge in [-0.05, 0) is 43.9 Å². The molecule has 0 radical (unpaired) electrons. The number of hydrogen-bond donors (Lipinski definition) is 1. The molecule has 7 heteroatoms. The number of fused-ring (bicyclic) bond motifs is 4. The van der Waals surface area contributed by atoms with Crippen LogP contribution in [0.2, 0.25) is 0 Å². The quantitative estimate of drug-likeness (QED) is 0.313. The summed E-state index contributed by atoms with van der Waals surface area (Å²) in [5, 5.41) is 1.24. The van der Waals surface area contributed by atoms with E-state index >= 15 is 0 Å². The van der Waals surface area contributed by atoms with Crippen LogP contribution in [0.25, 0.3) is 22.2 Å². The first-order chi connectivity index (χ1) is 16.5. The Morgan fingerprint density at radius 1 is 1.00 bits per heavy atom. The molecule has 34 heavy (non-hydrogen) atoms. The standard InChI is InChI=1S/C27H28N4O2S/c1-4-27(5-2)15-17-11-7-8-12-18(17)23-22(27)24(32)30-21(29-23)16-34-26-28-20-14-10-9-13-19(20)25(33)31(26)6-3/h7-14H,4-6,15-16H2,1-3H3,(H,29,30,32). The van der Waals surface area contributed by atoms with Crippen LogP contribution >= 0.6 is 11.8 Å². The molecule has 1 aliphatic rings. The lowest BCUT2D eigenvalue weighted by molar-refractivity contribution is 0.383. The third-order valence-electron chi connectivity index (χ3n) is 7.13. The minimum atomic E-state index is -0.210. The molecule has 1 N–H and O–H groups in total. The SMILES string of the molecule is CCn1c(SCc2nc3c(c(=O)[nH]2)C(CC)(CC)Cc2ccccc2-3)nc2ccccc2c1=O. The maximum Gasteiger partial charge on any atom is 0.262 e. The van der Waals surface area contributed by atoms with Crippen LogP contribution in [0, 0.1) is 0 Å². The van der Waals surface area contributed by atoms with Gasteiger partial charge >= 0.3 is 0 Å². The molecule has 2 heterocycles. The summed E-state index contributed by atoms with van der Waals surface area (Å²) >= 11 is 1.43. The summed E-state index contributed by atoms with van der Waals surface area (Å²) < 4.78 is 1.68. The van der Waals surface area contributed by atoms with Crippen molar-refractivity contribution in [2.75, 3.05) is 0 Å². The summed E-state index contributed by atoms with van der Waals surface area (Å²) in [5.41, 5.74) is 4.25. The van der Waals surface area contributed by atoms with Gasteiger partial charge in [0.15, 0.2) is 5.16 Å². The van der Waals surface area contributed by atoms with Crippen molar-refractivity contribution >= 4 is 22.7 Å². The van der Waals surface area contributed by atoms with Crippen LogP contribution < -0.4 is 11.1 Å². The molecule has 0 aliphatic heterocycles. The summed E-state index contributed by atoms with van der Waals surface area (Å²) in [5.74, 6) is 1.01. The Balaban J connectivity index is 1.58. The number of nitrogens with one attached hydrogen (secondary N) is 1. The molecule has 2 aromatic carbocycles. The predicted octanol–water partition coefficient (Wildman–Crippen LogP) is 5.07. The Hall–Kier alpha value is -3.19. The van der Waals surface area contributed by atoms with Crippen molar-refractivity contribution in [2.45, 2.75) is 62.9 Å². The number of para-hydroxylation sites is 1. The van der Waals surface area contributed by atoms with Crippen LogP contribution in [-0.2, 0) is 24.1 Å². The normalized spacial score (nSPS) is 14.1. The summed E-state index contributed by atoms with van der Waals surface area (Å²) in [4.78, 5) is 39.1. The number of thioether (sulfide) groups is 1. The number of aromatic amines is 1. The van der Waals surface area contributed by atoms with Crippen molar-refractivity contribution in [3.63, 3.8) is 0 Å². The number of hydrogen-bond acceptors (Lipinski definition) is 5. The number of aromatic nitrogens is 4. The smallest absolute Gasteiger partial charge is 0.262 e. The van der Waals surface area contributed by atoms with Crippen molar-refractivity contribution < 1.29 is 0 Å². The molecule has 6 nitrogen and oxygen atoms in total. The molecule has 0 fully saturated rings. The molecule has 0 amide bonds. The zero-order chi connectivity index (χ0) is 23.9. The van der Waals surface area contributed by atoms with E-state index in [-0.39, 0.29) is 16.5 Å². The topological polar surface area (TPSA) is 80.6 Å². The van der Waals surface area contributed by atoms with Crippen molar-refractivity contribution in [2.24, 2.45) is 0 Å². The van der Waals surface area contributed by atoms with Gasteiger partial charge in [0.05, 0.1) is 27.9 Å². The Labute approximate surface area is 202 Å². The van der Waals surface area contributed by atoms with Crippen LogP contribution in [0.3, 0.4) is 0 Å². The van der Waals surface area contributed by atoms with Crippen LogP contribution in [0.15, 0.2) is 63.3 Å². The lowest BCUT2D eigenvalue weighted by Crippen LogP contribution is -2.38. The van der Waals surface area contributed by atoms with Gasteiger partial charge in [0.2, 0.25) is 0 Å². The summed E-state index contributed by atoms with van der Waals surface area (Å²) in [6.45, 7) is 6.77. The lowest BCUT2D eigenvalue weighted by Gasteiger charge is -2.37. The molecule has 0 spiro atoms. The largest absolute Gasteiger partial charge is 0.310 e. The van der Waals surface area contributed by atoms with E-state index in [0.717, 1.165) is 36.1 Å². The van der Waals surface area contributed by atoms with Crippen LogP contribution in [0.1, 0.15) is 50.6 Å². The number of H-pyrrole nitrogens is 1. The second-order valence-electron chi connectivity index (χ2n) is 8.81. The first-order valence-electron chi connectivity index (χ1n) is 11.9. The second-order valence-corrected chi connectivity index (χ2v) is 9.75. The Morgan fingerprint density at radius 2 is 1.74 bits per heavy atom. The minimum Gasteiger partial charge on any atom is -0.310 e. The van der Waals surface area contributed by atoms with Gasteiger partial charge in [-0.15, -0.1) is 0 Å². The van der Waals surface area contributed by atoms with Gasteiger partial charge in [-0.1, -0.05) is 62.0 Å². The molecular formula is C27H28N4O2S. The molecule has 0 saturated carbocycles. The Kier molecular flexibility index (Phi) is 5.90. The molecule has 174 valence electrons. The first-order valence-corrected chi connectivity index (χ1v) is 12.8. The van der Waals surface area contributed by atoms with Gasteiger partial charge in [-0.3, -0.25) is 14.2 Å². The number of nitrogens with zero attached hydrogens (tertiary/aromatic N) is 3. The van der Waals surface area contributed by atoms with Gasteiger partial charge in [0, 0.05) is 17.5 Å². The fraction of sp³-hybridized carbons (Fsp3) is 0.333. The third kappa shape index (κ3) is 3.59. The highest BCUT2D eigenvalue weighted by molar-refractivity contribution is 7.98.